The molecule has 1 saturated heterocycles. The Hall–Kier alpha value is -3.17. The van der Waals surface area contributed by atoms with Crippen LogP contribution in [0.4, 0.5) is 5.82 Å². The van der Waals surface area contributed by atoms with E-state index in [1.165, 1.54) is 6.33 Å². The highest BCUT2D eigenvalue weighted by atomic mass is 16.5. The molecule has 1 aliphatic rings. The number of rotatable bonds is 4. The van der Waals surface area contributed by atoms with Crippen molar-refractivity contribution in [2.45, 2.75) is 6.54 Å². The number of hydrogen-bond acceptors (Lipinski definition) is 9. The molecular formula is C20H21N7O2. The van der Waals surface area contributed by atoms with Gasteiger partial charge >= 0.3 is 0 Å². The molecule has 9 heteroatoms. The number of hydrogen-bond donors (Lipinski definition) is 0. The summed E-state index contributed by atoms with van der Waals surface area (Å²) in [4.78, 5) is 26.8. The van der Waals surface area contributed by atoms with Gasteiger partial charge in [0.2, 0.25) is 5.71 Å². The van der Waals surface area contributed by atoms with Crippen molar-refractivity contribution in [3.63, 3.8) is 0 Å². The fraction of sp³-hybridized carbons (Fsp3) is 0.350. The van der Waals surface area contributed by atoms with Crippen molar-refractivity contribution in [1.29, 1.82) is 0 Å². The Morgan fingerprint density at radius 2 is 1.83 bits per heavy atom. The van der Waals surface area contributed by atoms with Crippen LogP contribution >= 0.6 is 0 Å². The summed E-state index contributed by atoms with van der Waals surface area (Å²) in [6.45, 7) is 3.53. The lowest BCUT2D eigenvalue weighted by atomic mass is 10.2. The summed E-state index contributed by atoms with van der Waals surface area (Å²) in [7, 11) is 4.03. The van der Waals surface area contributed by atoms with Crippen molar-refractivity contribution in [2.24, 2.45) is 0 Å². The molecule has 9 nitrogen and oxygen atoms in total. The fourth-order valence-electron chi connectivity index (χ4n) is 3.49. The van der Waals surface area contributed by atoms with E-state index in [2.05, 4.69) is 19.8 Å². The van der Waals surface area contributed by atoms with Gasteiger partial charge in [-0.2, -0.15) is 0 Å². The summed E-state index contributed by atoms with van der Waals surface area (Å²) in [6, 6.07) is 4.04. The molecule has 4 aromatic rings. The minimum absolute atomic E-state index is 0.569. The second-order valence-corrected chi connectivity index (χ2v) is 7.27. The van der Waals surface area contributed by atoms with Crippen LogP contribution < -0.4 is 4.90 Å². The number of nitrogens with zero attached hydrogens (tertiary/aromatic N) is 7. The van der Waals surface area contributed by atoms with Crippen LogP contribution in [0.15, 0.2) is 35.3 Å². The molecule has 0 atom stereocenters. The maximum Gasteiger partial charge on any atom is 0.229 e. The maximum absolute atomic E-state index is 6.18. The Balaban J connectivity index is 1.72. The van der Waals surface area contributed by atoms with Crippen molar-refractivity contribution in [2.75, 3.05) is 45.3 Å². The van der Waals surface area contributed by atoms with Gasteiger partial charge in [0.05, 0.1) is 29.9 Å². The first kappa shape index (κ1) is 17.9. The van der Waals surface area contributed by atoms with Crippen molar-refractivity contribution < 1.29 is 9.15 Å². The molecule has 0 amide bonds. The summed E-state index contributed by atoms with van der Waals surface area (Å²) in [5.41, 5.74) is 3.68. The van der Waals surface area contributed by atoms with Crippen molar-refractivity contribution in [1.82, 2.24) is 29.8 Å². The molecule has 0 aromatic carbocycles. The highest BCUT2D eigenvalue weighted by Crippen LogP contribution is 2.34. The standard InChI is InChI=1S/C20H21N7O2/c1-26(2)11-14-3-4-15-16-17(29-20(15)23-14)19(27-5-7-28-8-6-27)25-18(24-16)13-9-21-12-22-10-13/h3-4,9-10,12H,5-8,11H2,1-2H3. The second-order valence-electron chi connectivity index (χ2n) is 7.27. The van der Waals surface area contributed by atoms with Gasteiger partial charge < -0.3 is 19.0 Å². The Morgan fingerprint density at radius 3 is 2.59 bits per heavy atom. The highest BCUT2D eigenvalue weighted by molar-refractivity contribution is 6.05. The van der Waals surface area contributed by atoms with Crippen LogP contribution in [0.25, 0.3) is 33.6 Å². The molecule has 0 radical (unpaired) electrons. The third-order valence-corrected chi connectivity index (χ3v) is 4.83. The van der Waals surface area contributed by atoms with Gasteiger partial charge in [-0.1, -0.05) is 0 Å². The third-order valence-electron chi connectivity index (χ3n) is 4.83. The Morgan fingerprint density at radius 1 is 1.03 bits per heavy atom. The Bertz CT molecular complexity index is 1150. The predicted molar refractivity (Wildman–Crippen MR) is 109 cm³/mol. The topological polar surface area (TPSA) is 93.3 Å². The lowest BCUT2D eigenvalue weighted by molar-refractivity contribution is 0.122. The van der Waals surface area contributed by atoms with Gasteiger partial charge in [-0.25, -0.2) is 24.9 Å². The molecule has 0 saturated carbocycles. The summed E-state index contributed by atoms with van der Waals surface area (Å²) in [6.07, 6.45) is 4.92. The van der Waals surface area contributed by atoms with Crippen LogP contribution in [0.3, 0.4) is 0 Å². The summed E-state index contributed by atoms with van der Waals surface area (Å²) in [5.74, 6) is 1.32. The first-order valence-corrected chi connectivity index (χ1v) is 9.52. The van der Waals surface area contributed by atoms with Crippen LogP contribution in [-0.2, 0) is 11.3 Å². The molecule has 148 valence electrons. The summed E-state index contributed by atoms with van der Waals surface area (Å²) < 4.78 is 11.7. The van der Waals surface area contributed by atoms with Gasteiger partial charge in [0.1, 0.15) is 11.8 Å². The van der Waals surface area contributed by atoms with Crippen molar-refractivity contribution >= 4 is 28.0 Å². The number of pyridine rings is 1. The van der Waals surface area contributed by atoms with E-state index in [4.69, 9.17) is 24.1 Å². The molecule has 0 N–H and O–H groups in total. The zero-order valence-corrected chi connectivity index (χ0v) is 16.4. The van der Waals surface area contributed by atoms with E-state index in [-0.39, 0.29) is 0 Å². The molecule has 0 bridgehead atoms. The molecule has 0 spiro atoms. The number of furan rings is 1. The quantitative estimate of drug-likeness (QED) is 0.518. The molecule has 1 fully saturated rings. The van der Waals surface area contributed by atoms with Gasteiger partial charge in [-0.05, 0) is 26.2 Å². The smallest absolute Gasteiger partial charge is 0.229 e. The molecule has 4 aromatic heterocycles. The number of fused-ring (bicyclic) bond motifs is 3. The highest BCUT2D eigenvalue weighted by Gasteiger charge is 2.23. The van der Waals surface area contributed by atoms with Crippen LogP contribution in [0.5, 0.6) is 0 Å². The minimum Gasteiger partial charge on any atom is -0.432 e. The van der Waals surface area contributed by atoms with Gasteiger partial charge in [0, 0.05) is 32.0 Å². The minimum atomic E-state index is 0.569. The molecule has 0 aliphatic carbocycles. The first-order chi connectivity index (χ1) is 14.2. The number of aromatic nitrogens is 5. The maximum atomic E-state index is 6.18. The third kappa shape index (κ3) is 3.39. The largest absolute Gasteiger partial charge is 0.432 e. The molecule has 1 aliphatic heterocycles. The van der Waals surface area contributed by atoms with E-state index in [9.17, 15) is 0 Å². The number of ether oxygens (including phenoxy) is 1. The summed E-state index contributed by atoms with van der Waals surface area (Å²) in [5, 5.41) is 0.873. The van der Waals surface area contributed by atoms with Crippen LogP contribution in [-0.4, -0.2) is 70.2 Å². The van der Waals surface area contributed by atoms with Gasteiger partial charge in [0.15, 0.2) is 17.2 Å². The van der Waals surface area contributed by atoms with Gasteiger partial charge in [0.25, 0.3) is 0 Å². The predicted octanol–water partition coefficient (Wildman–Crippen LogP) is 2.13. The van der Waals surface area contributed by atoms with Crippen molar-refractivity contribution in [3.05, 3.63) is 36.5 Å². The fourth-order valence-corrected chi connectivity index (χ4v) is 3.49. The molecule has 5 heterocycles. The molecule has 5 rings (SSSR count). The molecular weight excluding hydrogens is 370 g/mol. The number of morpholine rings is 1. The Kier molecular flexibility index (Phi) is 4.53. The van der Waals surface area contributed by atoms with Crippen LogP contribution in [0, 0.1) is 0 Å². The lowest BCUT2D eigenvalue weighted by Gasteiger charge is -2.27. The van der Waals surface area contributed by atoms with Gasteiger partial charge in [-0.15, -0.1) is 0 Å². The zero-order chi connectivity index (χ0) is 19.8. The lowest BCUT2D eigenvalue weighted by Crippen LogP contribution is -2.37. The normalized spacial score (nSPS) is 14.9. The van der Waals surface area contributed by atoms with Crippen molar-refractivity contribution in [3.8, 4) is 11.4 Å². The summed E-state index contributed by atoms with van der Waals surface area (Å²) >= 11 is 0. The van der Waals surface area contributed by atoms with E-state index in [1.54, 1.807) is 12.4 Å². The Labute approximate surface area is 167 Å². The van der Waals surface area contributed by atoms with E-state index in [0.717, 1.165) is 47.6 Å². The molecule has 0 unspecified atom stereocenters. The van der Waals surface area contributed by atoms with E-state index in [0.29, 0.717) is 30.3 Å². The molecule has 29 heavy (non-hydrogen) atoms. The number of anilines is 1. The first-order valence-electron chi connectivity index (χ1n) is 9.52. The van der Waals surface area contributed by atoms with Gasteiger partial charge in [-0.3, -0.25) is 0 Å². The SMILES string of the molecule is CN(C)Cc1ccc2c(n1)oc1c(N3CCOCC3)nc(-c3cncnc3)nc12. The van der Waals surface area contributed by atoms with E-state index >= 15 is 0 Å². The van der Waals surface area contributed by atoms with E-state index in [1.807, 2.05) is 26.2 Å². The second kappa shape index (κ2) is 7.34. The van der Waals surface area contributed by atoms with Crippen LogP contribution in [0.2, 0.25) is 0 Å². The average Bonchev–Trinajstić information content (AvgIpc) is 3.11. The zero-order valence-electron chi connectivity index (χ0n) is 16.4. The monoisotopic (exact) mass is 391 g/mol. The van der Waals surface area contributed by atoms with Crippen LogP contribution in [0.1, 0.15) is 5.69 Å². The average molecular weight is 391 g/mol. The van der Waals surface area contributed by atoms with E-state index < -0.39 is 0 Å².